The van der Waals surface area contributed by atoms with Gasteiger partial charge in [0.05, 0.1) is 0 Å². The lowest BCUT2D eigenvalue weighted by molar-refractivity contribution is 0.974. The lowest BCUT2D eigenvalue weighted by Gasteiger charge is -2.00. The van der Waals surface area contributed by atoms with Gasteiger partial charge < -0.3 is 5.32 Å². The van der Waals surface area contributed by atoms with Crippen LogP contribution in [0.3, 0.4) is 0 Å². The summed E-state index contributed by atoms with van der Waals surface area (Å²) in [6.07, 6.45) is 3.30. The number of anilines is 2. The van der Waals surface area contributed by atoms with Crippen LogP contribution < -0.4 is 5.32 Å². The number of para-hydroxylation sites is 1. The highest BCUT2D eigenvalue weighted by Crippen LogP contribution is 2.19. The Labute approximate surface area is 117 Å². The fourth-order valence-corrected chi connectivity index (χ4v) is 2.35. The highest BCUT2D eigenvalue weighted by Gasteiger charge is 2.04. The summed E-state index contributed by atoms with van der Waals surface area (Å²) >= 11 is 1.64. The Hall–Kier alpha value is -1.75. The molecule has 5 heteroatoms. The van der Waals surface area contributed by atoms with E-state index in [1.54, 1.807) is 11.8 Å². The Morgan fingerprint density at radius 3 is 2.89 bits per heavy atom. The molecule has 0 spiro atoms. The molecule has 0 atom stereocenters. The average Bonchev–Trinajstić information content (AvgIpc) is 2.86. The number of nitrogens with zero attached hydrogens (tertiary/aromatic N) is 2. The third-order valence-corrected chi connectivity index (χ3v) is 3.52. The summed E-state index contributed by atoms with van der Waals surface area (Å²) in [5.41, 5.74) is 2.35. The van der Waals surface area contributed by atoms with Crippen molar-refractivity contribution in [2.24, 2.45) is 0 Å². The van der Waals surface area contributed by atoms with Crippen LogP contribution in [0.2, 0.25) is 0 Å². The Balaban J connectivity index is 1.90. The lowest BCUT2D eigenvalue weighted by Crippen LogP contribution is -1.91. The van der Waals surface area contributed by atoms with E-state index in [4.69, 9.17) is 0 Å². The smallest absolute Gasteiger partial charge is 0.223 e. The molecule has 2 aromatic rings. The van der Waals surface area contributed by atoms with Crippen LogP contribution in [0.15, 0.2) is 47.1 Å². The van der Waals surface area contributed by atoms with E-state index in [-0.39, 0.29) is 0 Å². The number of benzene rings is 1. The molecule has 0 radical (unpaired) electrons. The fraction of sp³-hybridized carbons (Fsp3) is 0.286. The van der Waals surface area contributed by atoms with Crippen molar-refractivity contribution in [3.8, 4) is 0 Å². The Morgan fingerprint density at radius 2 is 2.16 bits per heavy atom. The Kier molecular flexibility index (Phi) is 5.03. The summed E-state index contributed by atoms with van der Waals surface area (Å²) in [5.74, 6) is 1.60. The molecule has 0 saturated heterocycles. The minimum atomic E-state index is 0.672. The van der Waals surface area contributed by atoms with Gasteiger partial charge in [-0.25, -0.2) is 5.10 Å². The van der Waals surface area contributed by atoms with Crippen molar-refractivity contribution in [2.75, 3.05) is 11.1 Å². The molecule has 0 aliphatic heterocycles. The average molecular weight is 274 g/mol. The zero-order chi connectivity index (χ0) is 13.5. The number of aromatic nitrogens is 3. The van der Waals surface area contributed by atoms with Crippen LogP contribution in [0.1, 0.15) is 20.3 Å². The Bertz CT molecular complexity index is 533. The maximum atomic E-state index is 4.40. The number of thioether (sulfide) groups is 1. The van der Waals surface area contributed by atoms with Gasteiger partial charge in [-0.3, -0.25) is 0 Å². The quantitative estimate of drug-likeness (QED) is 0.617. The zero-order valence-electron chi connectivity index (χ0n) is 11.2. The lowest BCUT2D eigenvalue weighted by atomic mass is 10.3. The van der Waals surface area contributed by atoms with Crippen LogP contribution in [0.4, 0.5) is 11.6 Å². The third kappa shape index (κ3) is 4.44. The second-order valence-electron chi connectivity index (χ2n) is 4.21. The van der Waals surface area contributed by atoms with Crippen molar-refractivity contribution in [1.29, 1.82) is 0 Å². The highest BCUT2D eigenvalue weighted by atomic mass is 32.2. The molecule has 2 N–H and O–H groups in total. The second-order valence-corrected chi connectivity index (χ2v) is 5.15. The van der Waals surface area contributed by atoms with E-state index in [1.165, 1.54) is 5.57 Å². The number of hydrogen-bond acceptors (Lipinski definition) is 4. The zero-order valence-corrected chi connectivity index (χ0v) is 12.0. The van der Waals surface area contributed by atoms with Crippen LogP contribution >= 0.6 is 11.8 Å². The predicted octanol–water partition coefficient (Wildman–Crippen LogP) is 4.00. The summed E-state index contributed by atoms with van der Waals surface area (Å²) < 4.78 is 0. The molecule has 4 nitrogen and oxygen atoms in total. The normalized spacial score (nSPS) is 11.6. The maximum Gasteiger partial charge on any atom is 0.223 e. The topological polar surface area (TPSA) is 53.6 Å². The van der Waals surface area contributed by atoms with Gasteiger partial charge in [0, 0.05) is 11.4 Å². The van der Waals surface area contributed by atoms with Crippen LogP contribution in [0.5, 0.6) is 0 Å². The summed E-state index contributed by atoms with van der Waals surface area (Å²) in [5, 5.41) is 11.0. The van der Waals surface area contributed by atoms with Crippen LogP contribution in [0, 0.1) is 0 Å². The van der Waals surface area contributed by atoms with Gasteiger partial charge in [-0.1, -0.05) is 48.5 Å². The largest absolute Gasteiger partial charge is 0.325 e. The first-order valence-corrected chi connectivity index (χ1v) is 7.29. The van der Waals surface area contributed by atoms with Gasteiger partial charge >= 0.3 is 0 Å². The SMILES string of the molecule is CC/C=C(/C)CSc1n[nH]c(Nc2ccccc2)n1. The van der Waals surface area contributed by atoms with Crippen molar-refractivity contribution in [1.82, 2.24) is 15.2 Å². The standard InChI is InChI=1S/C14H18N4S/c1-3-7-11(2)10-19-14-16-13(17-18-14)15-12-8-5-4-6-9-12/h4-9H,3,10H2,1-2H3,(H2,15,16,17,18)/b11-7-. The van der Waals surface area contributed by atoms with E-state index in [9.17, 15) is 0 Å². The van der Waals surface area contributed by atoms with Crippen molar-refractivity contribution in [3.05, 3.63) is 42.0 Å². The van der Waals surface area contributed by atoms with Crippen LogP contribution in [-0.2, 0) is 0 Å². The minimum Gasteiger partial charge on any atom is -0.325 e. The van der Waals surface area contributed by atoms with Crippen molar-refractivity contribution < 1.29 is 0 Å². The molecule has 0 aliphatic carbocycles. The van der Waals surface area contributed by atoms with Gasteiger partial charge in [0.15, 0.2) is 0 Å². The minimum absolute atomic E-state index is 0.672. The number of nitrogens with one attached hydrogen (secondary N) is 2. The first-order chi connectivity index (χ1) is 9.28. The molecule has 19 heavy (non-hydrogen) atoms. The van der Waals surface area contributed by atoms with Gasteiger partial charge in [0.1, 0.15) is 0 Å². The van der Waals surface area contributed by atoms with E-state index in [1.807, 2.05) is 30.3 Å². The predicted molar refractivity (Wildman–Crippen MR) is 80.9 cm³/mol. The molecule has 1 aromatic carbocycles. The van der Waals surface area contributed by atoms with E-state index >= 15 is 0 Å². The summed E-state index contributed by atoms with van der Waals surface area (Å²) in [6, 6.07) is 9.92. The van der Waals surface area contributed by atoms with Crippen molar-refractivity contribution in [2.45, 2.75) is 25.4 Å². The number of aromatic amines is 1. The molecule has 0 amide bonds. The summed E-state index contributed by atoms with van der Waals surface area (Å²) in [6.45, 7) is 4.27. The van der Waals surface area contributed by atoms with Crippen molar-refractivity contribution >= 4 is 23.4 Å². The molecule has 1 heterocycles. The summed E-state index contributed by atoms with van der Waals surface area (Å²) in [4.78, 5) is 4.40. The molecule has 1 aromatic heterocycles. The van der Waals surface area contributed by atoms with E-state index < -0.39 is 0 Å². The van der Waals surface area contributed by atoms with Crippen LogP contribution in [0.25, 0.3) is 0 Å². The molecular weight excluding hydrogens is 256 g/mol. The van der Waals surface area contributed by atoms with Gasteiger partial charge in [0.25, 0.3) is 0 Å². The first kappa shape index (κ1) is 13.7. The third-order valence-electron chi connectivity index (χ3n) is 2.48. The van der Waals surface area contributed by atoms with Gasteiger partial charge in [-0.05, 0) is 25.5 Å². The van der Waals surface area contributed by atoms with E-state index in [0.717, 1.165) is 23.0 Å². The first-order valence-electron chi connectivity index (χ1n) is 6.31. The van der Waals surface area contributed by atoms with Gasteiger partial charge in [-0.15, -0.1) is 5.10 Å². The number of hydrogen-bond donors (Lipinski definition) is 2. The fourth-order valence-electron chi connectivity index (χ4n) is 1.61. The summed E-state index contributed by atoms with van der Waals surface area (Å²) in [7, 11) is 0. The Morgan fingerprint density at radius 1 is 1.37 bits per heavy atom. The molecule has 0 unspecified atom stereocenters. The highest BCUT2D eigenvalue weighted by molar-refractivity contribution is 7.99. The number of rotatable bonds is 6. The molecular formula is C14H18N4S. The molecule has 0 bridgehead atoms. The second kappa shape index (κ2) is 6.99. The van der Waals surface area contributed by atoms with Gasteiger partial charge in [-0.2, -0.15) is 4.98 Å². The monoisotopic (exact) mass is 274 g/mol. The number of H-pyrrole nitrogens is 1. The maximum absolute atomic E-state index is 4.40. The molecule has 2 rings (SSSR count). The van der Waals surface area contributed by atoms with Crippen LogP contribution in [-0.4, -0.2) is 20.9 Å². The van der Waals surface area contributed by atoms with Gasteiger partial charge in [0.2, 0.25) is 11.1 Å². The van der Waals surface area contributed by atoms with E-state index in [0.29, 0.717) is 5.95 Å². The molecule has 0 saturated carbocycles. The van der Waals surface area contributed by atoms with E-state index in [2.05, 4.69) is 40.4 Å². The van der Waals surface area contributed by atoms with Crippen molar-refractivity contribution in [3.63, 3.8) is 0 Å². The number of allylic oxidation sites excluding steroid dienone is 1. The molecule has 0 fully saturated rings. The molecule has 100 valence electrons. The molecule has 0 aliphatic rings.